The smallest absolute Gasteiger partial charge is 0.252 e. The molecule has 24 heavy (non-hydrogen) atoms. The highest BCUT2D eigenvalue weighted by Gasteiger charge is 2.16. The van der Waals surface area contributed by atoms with Crippen LogP contribution in [0.25, 0.3) is 21.5 Å². The van der Waals surface area contributed by atoms with E-state index in [0.717, 1.165) is 16.6 Å². The SMILES string of the molecule is [C-]#[N+]c1ccc(-c2cc3c(NC(C)C)c(C(N)=O)cnn3c2)cc1. The number of anilines is 1. The zero-order chi connectivity index (χ0) is 17.3. The maximum atomic E-state index is 11.7. The van der Waals surface area contributed by atoms with Gasteiger partial charge in [-0.3, -0.25) is 4.79 Å². The molecule has 3 aromatic rings. The standard InChI is InChI=1S/C18H17N5O/c1-11(2)22-17-15(18(19)24)9-21-23-10-13(8-16(17)23)12-4-6-14(20-3)7-5-12/h4-11,22H,1-2H3,(H2,19,24). The number of rotatable bonds is 4. The van der Waals surface area contributed by atoms with Crippen LogP contribution in [-0.4, -0.2) is 21.6 Å². The molecule has 6 nitrogen and oxygen atoms in total. The van der Waals surface area contributed by atoms with Crippen molar-refractivity contribution in [2.24, 2.45) is 5.73 Å². The summed E-state index contributed by atoms with van der Waals surface area (Å²) in [6.45, 7) is 11.0. The Hall–Kier alpha value is -3.33. The molecular weight excluding hydrogens is 302 g/mol. The van der Waals surface area contributed by atoms with Crippen molar-refractivity contribution < 1.29 is 4.79 Å². The first kappa shape index (κ1) is 15.6. The molecule has 3 N–H and O–H groups in total. The highest BCUT2D eigenvalue weighted by Crippen LogP contribution is 2.29. The molecule has 0 unspecified atom stereocenters. The fraction of sp³-hybridized carbons (Fsp3) is 0.167. The van der Waals surface area contributed by atoms with Gasteiger partial charge in [-0.05, 0) is 25.5 Å². The number of primary amides is 1. The summed E-state index contributed by atoms with van der Waals surface area (Å²) in [6.07, 6.45) is 3.37. The Morgan fingerprint density at radius 3 is 2.58 bits per heavy atom. The van der Waals surface area contributed by atoms with Crippen molar-refractivity contribution in [2.45, 2.75) is 19.9 Å². The van der Waals surface area contributed by atoms with Gasteiger partial charge in [-0.25, -0.2) is 9.36 Å². The summed E-state index contributed by atoms with van der Waals surface area (Å²) in [6, 6.07) is 9.45. The van der Waals surface area contributed by atoms with Crippen LogP contribution in [0.5, 0.6) is 0 Å². The molecule has 2 aromatic heterocycles. The number of amides is 1. The quantitative estimate of drug-likeness (QED) is 0.723. The van der Waals surface area contributed by atoms with Crippen LogP contribution < -0.4 is 11.1 Å². The highest BCUT2D eigenvalue weighted by atomic mass is 16.1. The number of nitrogens with zero attached hydrogens (tertiary/aromatic N) is 3. The van der Waals surface area contributed by atoms with E-state index in [0.29, 0.717) is 16.9 Å². The van der Waals surface area contributed by atoms with Gasteiger partial charge < -0.3 is 11.1 Å². The molecule has 0 saturated heterocycles. The van der Waals surface area contributed by atoms with Crippen LogP contribution in [0.2, 0.25) is 0 Å². The van der Waals surface area contributed by atoms with Crippen LogP contribution in [0.4, 0.5) is 11.4 Å². The zero-order valence-corrected chi connectivity index (χ0v) is 13.4. The molecule has 2 heterocycles. The van der Waals surface area contributed by atoms with Crippen molar-refractivity contribution >= 4 is 22.8 Å². The topological polar surface area (TPSA) is 76.8 Å². The average molecular weight is 319 g/mol. The summed E-state index contributed by atoms with van der Waals surface area (Å²) in [7, 11) is 0. The number of hydrogen-bond acceptors (Lipinski definition) is 3. The summed E-state index contributed by atoms with van der Waals surface area (Å²) < 4.78 is 1.72. The fourth-order valence-corrected chi connectivity index (χ4v) is 2.57. The van der Waals surface area contributed by atoms with Crippen LogP contribution in [0, 0.1) is 6.57 Å². The van der Waals surface area contributed by atoms with E-state index in [1.807, 2.05) is 38.2 Å². The van der Waals surface area contributed by atoms with Crippen molar-refractivity contribution in [1.82, 2.24) is 9.61 Å². The van der Waals surface area contributed by atoms with E-state index in [1.165, 1.54) is 6.20 Å². The van der Waals surface area contributed by atoms with Gasteiger partial charge in [0.15, 0.2) is 5.69 Å². The Kier molecular flexibility index (Phi) is 3.92. The van der Waals surface area contributed by atoms with Gasteiger partial charge in [0.1, 0.15) is 0 Å². The normalized spacial score (nSPS) is 10.8. The monoisotopic (exact) mass is 319 g/mol. The van der Waals surface area contributed by atoms with Gasteiger partial charge in [-0.2, -0.15) is 5.10 Å². The molecule has 6 heteroatoms. The summed E-state index contributed by atoms with van der Waals surface area (Å²) in [5, 5.41) is 7.56. The lowest BCUT2D eigenvalue weighted by molar-refractivity contribution is 0.100. The maximum absolute atomic E-state index is 11.7. The zero-order valence-electron chi connectivity index (χ0n) is 13.4. The fourth-order valence-electron chi connectivity index (χ4n) is 2.57. The Morgan fingerprint density at radius 2 is 2.00 bits per heavy atom. The summed E-state index contributed by atoms with van der Waals surface area (Å²) >= 11 is 0. The summed E-state index contributed by atoms with van der Waals surface area (Å²) in [4.78, 5) is 15.1. The number of nitrogens with one attached hydrogen (secondary N) is 1. The molecule has 1 amide bonds. The molecule has 0 bridgehead atoms. The molecule has 0 aliphatic heterocycles. The predicted molar refractivity (Wildman–Crippen MR) is 94.2 cm³/mol. The van der Waals surface area contributed by atoms with E-state index < -0.39 is 5.91 Å². The molecule has 0 radical (unpaired) electrons. The Morgan fingerprint density at radius 1 is 1.29 bits per heavy atom. The van der Waals surface area contributed by atoms with Gasteiger partial charge in [0.05, 0.1) is 29.5 Å². The molecule has 0 fully saturated rings. The van der Waals surface area contributed by atoms with E-state index in [4.69, 9.17) is 12.3 Å². The third-order valence-electron chi connectivity index (χ3n) is 3.67. The van der Waals surface area contributed by atoms with Crippen molar-refractivity contribution in [3.8, 4) is 11.1 Å². The van der Waals surface area contributed by atoms with Crippen molar-refractivity contribution in [3.63, 3.8) is 0 Å². The minimum absolute atomic E-state index is 0.144. The summed E-state index contributed by atoms with van der Waals surface area (Å²) in [5.74, 6) is -0.516. The molecule has 3 rings (SSSR count). The van der Waals surface area contributed by atoms with Gasteiger partial charge in [-0.1, -0.05) is 24.3 Å². The van der Waals surface area contributed by atoms with Gasteiger partial charge in [0, 0.05) is 17.8 Å². The van der Waals surface area contributed by atoms with E-state index in [9.17, 15) is 4.79 Å². The van der Waals surface area contributed by atoms with Gasteiger partial charge >= 0.3 is 0 Å². The largest absolute Gasteiger partial charge is 0.380 e. The van der Waals surface area contributed by atoms with Crippen LogP contribution in [0.1, 0.15) is 24.2 Å². The predicted octanol–water partition coefficient (Wildman–Crippen LogP) is 3.47. The maximum Gasteiger partial charge on any atom is 0.252 e. The number of nitrogens with two attached hydrogens (primary N) is 1. The Labute approximate surface area is 139 Å². The van der Waals surface area contributed by atoms with Gasteiger partial charge in [0.2, 0.25) is 0 Å². The van der Waals surface area contributed by atoms with Crippen molar-refractivity contribution in [3.05, 3.63) is 59.7 Å². The minimum atomic E-state index is -0.516. The average Bonchev–Trinajstić information content (AvgIpc) is 2.99. The van der Waals surface area contributed by atoms with E-state index in [2.05, 4.69) is 15.3 Å². The van der Waals surface area contributed by atoms with Gasteiger partial charge in [0.25, 0.3) is 5.91 Å². The van der Waals surface area contributed by atoms with E-state index in [-0.39, 0.29) is 6.04 Å². The lowest BCUT2D eigenvalue weighted by atomic mass is 10.1. The van der Waals surface area contributed by atoms with Crippen LogP contribution >= 0.6 is 0 Å². The van der Waals surface area contributed by atoms with Crippen LogP contribution in [0.15, 0.2) is 42.7 Å². The number of fused-ring (bicyclic) bond motifs is 1. The second-order valence-corrected chi connectivity index (χ2v) is 5.81. The molecule has 1 aromatic carbocycles. The lowest BCUT2D eigenvalue weighted by Gasteiger charge is -2.14. The molecule has 120 valence electrons. The first-order chi connectivity index (χ1) is 11.5. The summed E-state index contributed by atoms with van der Waals surface area (Å²) in [5.41, 5.74) is 9.82. The van der Waals surface area contributed by atoms with E-state index >= 15 is 0 Å². The Balaban J connectivity index is 2.16. The first-order valence-corrected chi connectivity index (χ1v) is 7.55. The van der Waals surface area contributed by atoms with Crippen molar-refractivity contribution in [2.75, 3.05) is 5.32 Å². The molecule has 0 aliphatic carbocycles. The number of hydrogen-bond donors (Lipinski definition) is 2. The number of aromatic nitrogens is 2. The van der Waals surface area contributed by atoms with Gasteiger partial charge in [-0.15, -0.1) is 0 Å². The highest BCUT2D eigenvalue weighted by molar-refractivity contribution is 6.02. The molecule has 0 saturated carbocycles. The Bertz CT molecular complexity index is 948. The second kappa shape index (κ2) is 6.05. The number of carbonyl (C=O) groups excluding carboxylic acids is 1. The number of benzene rings is 1. The van der Waals surface area contributed by atoms with Crippen molar-refractivity contribution in [1.29, 1.82) is 0 Å². The second-order valence-electron chi connectivity index (χ2n) is 5.81. The minimum Gasteiger partial charge on any atom is -0.380 e. The third-order valence-corrected chi connectivity index (χ3v) is 3.67. The van der Waals surface area contributed by atoms with Crippen LogP contribution in [0.3, 0.4) is 0 Å². The first-order valence-electron chi connectivity index (χ1n) is 7.55. The molecular formula is C18H17N5O. The van der Waals surface area contributed by atoms with E-state index in [1.54, 1.807) is 16.6 Å². The number of carbonyl (C=O) groups is 1. The third kappa shape index (κ3) is 2.79. The lowest BCUT2D eigenvalue weighted by Crippen LogP contribution is -2.19. The van der Waals surface area contributed by atoms with Crippen LogP contribution in [-0.2, 0) is 0 Å². The molecule has 0 spiro atoms. The molecule has 0 atom stereocenters. The molecule has 0 aliphatic rings.